The third-order valence-electron chi connectivity index (χ3n) is 7.71. The molecule has 0 radical (unpaired) electrons. The first-order chi connectivity index (χ1) is 14.3. The van der Waals surface area contributed by atoms with Crippen LogP contribution in [-0.2, 0) is 17.8 Å². The van der Waals surface area contributed by atoms with Crippen molar-refractivity contribution in [2.24, 2.45) is 5.92 Å². The third kappa shape index (κ3) is 4.00. The van der Waals surface area contributed by atoms with Crippen molar-refractivity contribution in [1.29, 1.82) is 0 Å². The van der Waals surface area contributed by atoms with Crippen LogP contribution in [0.5, 0.6) is 0 Å². The van der Waals surface area contributed by atoms with Crippen molar-refractivity contribution in [3.63, 3.8) is 0 Å². The van der Waals surface area contributed by atoms with Gasteiger partial charge in [0.15, 0.2) is 0 Å². The molecule has 6 heteroatoms. The first kappa shape index (κ1) is 19.3. The fourth-order valence-electron chi connectivity index (χ4n) is 5.97. The van der Waals surface area contributed by atoms with Gasteiger partial charge in [0.25, 0.3) is 0 Å². The SMILES string of the molecule is O=C(C1CCCCC1)N1CCc2c(ncnc2N2CCN(C3CCCC3)CC2)C1. The van der Waals surface area contributed by atoms with Crippen molar-refractivity contribution >= 4 is 11.7 Å². The summed E-state index contributed by atoms with van der Waals surface area (Å²) >= 11 is 0. The maximum absolute atomic E-state index is 13.0. The first-order valence-corrected chi connectivity index (χ1v) is 11.9. The van der Waals surface area contributed by atoms with Crippen molar-refractivity contribution in [3.8, 4) is 0 Å². The molecule has 5 rings (SSSR count). The predicted octanol–water partition coefficient (Wildman–Crippen LogP) is 3.01. The van der Waals surface area contributed by atoms with Gasteiger partial charge in [0.1, 0.15) is 12.1 Å². The maximum atomic E-state index is 13.0. The molecule has 2 saturated carbocycles. The Morgan fingerprint density at radius 1 is 0.862 bits per heavy atom. The molecule has 0 unspecified atom stereocenters. The molecule has 6 nitrogen and oxygen atoms in total. The second kappa shape index (κ2) is 8.58. The summed E-state index contributed by atoms with van der Waals surface area (Å²) < 4.78 is 0. The molecule has 0 aromatic carbocycles. The molecule has 1 aromatic rings. The molecule has 4 aliphatic rings. The number of hydrogen-bond donors (Lipinski definition) is 0. The fraction of sp³-hybridized carbons (Fsp3) is 0.783. The number of carbonyl (C=O) groups excluding carboxylic acids is 1. The number of nitrogens with zero attached hydrogens (tertiary/aromatic N) is 5. The summed E-state index contributed by atoms with van der Waals surface area (Å²) in [5.74, 6) is 1.74. The molecule has 2 aliphatic heterocycles. The van der Waals surface area contributed by atoms with Crippen molar-refractivity contribution < 1.29 is 4.79 Å². The Labute approximate surface area is 174 Å². The average molecular weight is 398 g/mol. The van der Waals surface area contributed by atoms with E-state index in [0.29, 0.717) is 12.5 Å². The van der Waals surface area contributed by atoms with Crippen LogP contribution in [0.15, 0.2) is 6.33 Å². The molecule has 0 atom stereocenters. The van der Waals surface area contributed by atoms with Crippen LogP contribution in [0.4, 0.5) is 5.82 Å². The predicted molar refractivity (Wildman–Crippen MR) is 114 cm³/mol. The lowest BCUT2D eigenvalue weighted by atomic mass is 9.87. The van der Waals surface area contributed by atoms with Crippen LogP contribution in [0.3, 0.4) is 0 Å². The van der Waals surface area contributed by atoms with Crippen LogP contribution >= 0.6 is 0 Å². The zero-order chi connectivity index (χ0) is 19.6. The quantitative estimate of drug-likeness (QED) is 0.785. The van der Waals surface area contributed by atoms with E-state index in [1.165, 1.54) is 50.5 Å². The highest BCUT2D eigenvalue weighted by atomic mass is 16.2. The maximum Gasteiger partial charge on any atom is 0.226 e. The van der Waals surface area contributed by atoms with E-state index in [2.05, 4.69) is 19.7 Å². The minimum absolute atomic E-state index is 0.246. The minimum atomic E-state index is 0.246. The van der Waals surface area contributed by atoms with Gasteiger partial charge in [-0.3, -0.25) is 9.69 Å². The van der Waals surface area contributed by atoms with E-state index >= 15 is 0 Å². The van der Waals surface area contributed by atoms with Crippen LogP contribution in [0.2, 0.25) is 0 Å². The minimum Gasteiger partial charge on any atom is -0.354 e. The summed E-state index contributed by atoms with van der Waals surface area (Å²) in [7, 11) is 0. The van der Waals surface area contributed by atoms with Crippen LogP contribution in [-0.4, -0.2) is 64.4 Å². The molecule has 2 aliphatic carbocycles. The normalized spacial score (nSPS) is 24.7. The van der Waals surface area contributed by atoms with E-state index in [0.717, 1.165) is 69.5 Å². The molecule has 0 bridgehead atoms. The van der Waals surface area contributed by atoms with E-state index in [1.807, 2.05) is 0 Å². The van der Waals surface area contributed by atoms with E-state index in [-0.39, 0.29) is 5.92 Å². The lowest BCUT2D eigenvalue weighted by Gasteiger charge is -2.40. The average Bonchev–Trinajstić information content (AvgIpc) is 3.33. The Hall–Kier alpha value is -1.69. The molecule has 3 heterocycles. The Balaban J connectivity index is 1.24. The van der Waals surface area contributed by atoms with Crippen LogP contribution in [0, 0.1) is 5.92 Å². The van der Waals surface area contributed by atoms with Gasteiger partial charge in [-0.2, -0.15) is 0 Å². The molecular weight excluding hydrogens is 362 g/mol. The summed E-state index contributed by atoms with van der Waals surface area (Å²) in [6, 6.07) is 0.816. The third-order valence-corrected chi connectivity index (χ3v) is 7.71. The second-order valence-corrected chi connectivity index (χ2v) is 9.43. The van der Waals surface area contributed by atoms with Gasteiger partial charge in [-0.05, 0) is 32.1 Å². The molecule has 1 saturated heterocycles. The summed E-state index contributed by atoms with van der Waals surface area (Å²) in [5, 5.41) is 0. The fourth-order valence-corrected chi connectivity index (χ4v) is 5.97. The van der Waals surface area contributed by atoms with E-state index in [1.54, 1.807) is 6.33 Å². The van der Waals surface area contributed by atoms with Crippen molar-refractivity contribution in [1.82, 2.24) is 19.8 Å². The Bertz CT molecular complexity index is 718. The highest BCUT2D eigenvalue weighted by molar-refractivity contribution is 5.79. The van der Waals surface area contributed by atoms with Gasteiger partial charge in [-0.15, -0.1) is 0 Å². The van der Waals surface area contributed by atoms with Crippen molar-refractivity contribution in [2.45, 2.75) is 76.8 Å². The Morgan fingerprint density at radius 3 is 2.34 bits per heavy atom. The van der Waals surface area contributed by atoms with Gasteiger partial charge in [0.2, 0.25) is 5.91 Å². The number of carbonyl (C=O) groups is 1. The number of amides is 1. The Morgan fingerprint density at radius 2 is 1.59 bits per heavy atom. The number of anilines is 1. The van der Waals surface area contributed by atoms with Gasteiger partial charge in [0.05, 0.1) is 12.2 Å². The summed E-state index contributed by atoms with van der Waals surface area (Å²) in [4.78, 5) is 29.5. The van der Waals surface area contributed by atoms with Crippen LogP contribution in [0.25, 0.3) is 0 Å². The van der Waals surface area contributed by atoms with Crippen LogP contribution in [0.1, 0.15) is 69.0 Å². The molecule has 0 N–H and O–H groups in total. The smallest absolute Gasteiger partial charge is 0.226 e. The molecular formula is C23H35N5O. The topological polar surface area (TPSA) is 52.6 Å². The summed E-state index contributed by atoms with van der Waals surface area (Å²) in [5.41, 5.74) is 2.36. The van der Waals surface area contributed by atoms with E-state index < -0.39 is 0 Å². The van der Waals surface area contributed by atoms with Crippen LogP contribution < -0.4 is 4.90 Å². The van der Waals surface area contributed by atoms with Crippen molar-refractivity contribution in [2.75, 3.05) is 37.6 Å². The zero-order valence-electron chi connectivity index (χ0n) is 17.7. The van der Waals surface area contributed by atoms with E-state index in [9.17, 15) is 4.79 Å². The van der Waals surface area contributed by atoms with Gasteiger partial charge in [-0.25, -0.2) is 9.97 Å². The molecule has 0 spiro atoms. The number of aromatic nitrogens is 2. The summed E-state index contributed by atoms with van der Waals surface area (Å²) in [6.07, 6.45) is 14.0. The van der Waals surface area contributed by atoms with Gasteiger partial charge >= 0.3 is 0 Å². The van der Waals surface area contributed by atoms with Gasteiger partial charge in [-0.1, -0.05) is 32.1 Å². The van der Waals surface area contributed by atoms with Gasteiger partial charge < -0.3 is 9.80 Å². The molecule has 1 aromatic heterocycles. The van der Waals surface area contributed by atoms with E-state index in [4.69, 9.17) is 4.98 Å². The first-order valence-electron chi connectivity index (χ1n) is 11.9. The highest BCUT2D eigenvalue weighted by Crippen LogP contribution is 2.31. The largest absolute Gasteiger partial charge is 0.354 e. The molecule has 1 amide bonds. The number of rotatable bonds is 3. The molecule has 158 valence electrons. The highest BCUT2D eigenvalue weighted by Gasteiger charge is 2.32. The molecule has 3 fully saturated rings. The Kier molecular flexibility index (Phi) is 5.71. The van der Waals surface area contributed by atoms with Crippen molar-refractivity contribution in [3.05, 3.63) is 17.6 Å². The number of hydrogen-bond acceptors (Lipinski definition) is 5. The number of piperazine rings is 1. The number of fused-ring (bicyclic) bond motifs is 1. The summed E-state index contributed by atoms with van der Waals surface area (Å²) in [6.45, 7) is 5.91. The second-order valence-electron chi connectivity index (χ2n) is 9.43. The zero-order valence-corrected chi connectivity index (χ0v) is 17.7. The molecule has 29 heavy (non-hydrogen) atoms. The lowest BCUT2D eigenvalue weighted by Crippen LogP contribution is -2.50. The van der Waals surface area contributed by atoms with Gasteiger partial charge in [0, 0.05) is 50.2 Å². The standard InChI is InChI=1S/C23H35N5O/c29-23(18-6-2-1-3-7-18)28-11-10-20-21(16-28)24-17-25-22(20)27-14-12-26(13-15-27)19-8-4-5-9-19/h17-19H,1-16H2. The lowest BCUT2D eigenvalue weighted by molar-refractivity contribution is -0.137. The monoisotopic (exact) mass is 397 g/mol.